The largest absolute Gasteiger partial charge is 0.487 e. The zero-order chi connectivity index (χ0) is 16.7. The van der Waals surface area contributed by atoms with E-state index < -0.39 is 0 Å². The third-order valence-electron chi connectivity index (χ3n) is 4.24. The van der Waals surface area contributed by atoms with E-state index in [0.717, 1.165) is 17.8 Å². The summed E-state index contributed by atoms with van der Waals surface area (Å²) < 4.78 is 18.7. The topological polar surface area (TPSA) is 67.3 Å². The van der Waals surface area contributed by atoms with Gasteiger partial charge in [0.2, 0.25) is 0 Å². The van der Waals surface area contributed by atoms with Crippen LogP contribution in [0.2, 0.25) is 0 Å². The van der Waals surface area contributed by atoms with E-state index in [1.165, 1.54) is 12.1 Å². The molecule has 0 aliphatic carbocycles. The zero-order valence-corrected chi connectivity index (χ0v) is 13.3. The highest BCUT2D eigenvalue weighted by Crippen LogP contribution is 2.29. The Balaban J connectivity index is 1.49. The van der Waals surface area contributed by atoms with Crippen molar-refractivity contribution in [1.29, 1.82) is 0 Å². The maximum atomic E-state index is 12.9. The Kier molecular flexibility index (Phi) is 3.55. The SMILES string of the molecule is Cc1nc2c(c(N3CC(Oc4ccc(F)cc4)C3)n1)CCNC2=O. The molecule has 6 nitrogen and oxygen atoms in total. The molecule has 2 aliphatic heterocycles. The lowest BCUT2D eigenvalue weighted by Crippen LogP contribution is -2.55. The highest BCUT2D eigenvalue weighted by molar-refractivity contribution is 5.96. The number of hydrogen-bond donors (Lipinski definition) is 1. The van der Waals surface area contributed by atoms with Gasteiger partial charge in [-0.1, -0.05) is 0 Å². The third kappa shape index (κ3) is 2.66. The second-order valence-electron chi connectivity index (χ2n) is 6.03. The number of amides is 1. The number of carbonyl (C=O) groups excluding carboxylic acids is 1. The predicted molar refractivity (Wildman–Crippen MR) is 85.8 cm³/mol. The average Bonchev–Trinajstić information content (AvgIpc) is 2.53. The number of carbonyl (C=O) groups is 1. The highest BCUT2D eigenvalue weighted by Gasteiger charge is 2.34. The van der Waals surface area contributed by atoms with Crippen LogP contribution in [0.15, 0.2) is 24.3 Å². The molecule has 0 bridgehead atoms. The monoisotopic (exact) mass is 328 g/mol. The van der Waals surface area contributed by atoms with Crippen LogP contribution >= 0.6 is 0 Å². The van der Waals surface area contributed by atoms with Crippen molar-refractivity contribution >= 4 is 11.7 Å². The number of ether oxygens (including phenoxy) is 1. The molecule has 1 N–H and O–H groups in total. The van der Waals surface area contributed by atoms with Gasteiger partial charge in [0.05, 0.1) is 13.1 Å². The second-order valence-corrected chi connectivity index (χ2v) is 6.03. The van der Waals surface area contributed by atoms with Gasteiger partial charge in [-0.15, -0.1) is 0 Å². The number of rotatable bonds is 3. The number of hydrogen-bond acceptors (Lipinski definition) is 5. The number of halogens is 1. The van der Waals surface area contributed by atoms with Crippen molar-refractivity contribution < 1.29 is 13.9 Å². The molecule has 124 valence electrons. The number of aromatic nitrogens is 2. The molecule has 1 aromatic heterocycles. The van der Waals surface area contributed by atoms with Gasteiger partial charge in [0.15, 0.2) is 0 Å². The van der Waals surface area contributed by atoms with Gasteiger partial charge in [-0.25, -0.2) is 14.4 Å². The lowest BCUT2D eigenvalue weighted by molar-refractivity contribution is 0.0940. The van der Waals surface area contributed by atoms with Crippen LogP contribution < -0.4 is 15.0 Å². The summed E-state index contributed by atoms with van der Waals surface area (Å²) in [5.74, 6) is 1.65. The molecule has 0 atom stereocenters. The van der Waals surface area contributed by atoms with Crippen LogP contribution in [0.5, 0.6) is 5.75 Å². The fourth-order valence-electron chi connectivity index (χ4n) is 3.04. The molecular formula is C17H17FN4O2. The van der Waals surface area contributed by atoms with E-state index in [-0.39, 0.29) is 17.8 Å². The van der Waals surface area contributed by atoms with Crippen LogP contribution in [-0.4, -0.2) is 41.6 Å². The zero-order valence-electron chi connectivity index (χ0n) is 13.3. The molecule has 3 heterocycles. The van der Waals surface area contributed by atoms with Crippen molar-refractivity contribution in [2.75, 3.05) is 24.5 Å². The molecule has 2 aliphatic rings. The number of aryl methyl sites for hydroxylation is 1. The van der Waals surface area contributed by atoms with E-state index in [4.69, 9.17) is 4.74 Å². The van der Waals surface area contributed by atoms with E-state index in [9.17, 15) is 9.18 Å². The molecule has 0 spiro atoms. The quantitative estimate of drug-likeness (QED) is 0.924. The van der Waals surface area contributed by atoms with Crippen LogP contribution in [0.1, 0.15) is 21.9 Å². The van der Waals surface area contributed by atoms with E-state index in [1.807, 2.05) is 0 Å². The Hall–Kier alpha value is -2.70. The number of fused-ring (bicyclic) bond motifs is 1. The minimum absolute atomic E-state index is 0.0267. The molecule has 24 heavy (non-hydrogen) atoms. The molecule has 2 aromatic rings. The molecule has 0 unspecified atom stereocenters. The van der Waals surface area contributed by atoms with Gasteiger partial charge in [0.25, 0.3) is 5.91 Å². The van der Waals surface area contributed by atoms with Gasteiger partial charge in [-0.05, 0) is 37.6 Å². The van der Waals surface area contributed by atoms with Crippen LogP contribution in [0.25, 0.3) is 0 Å². The van der Waals surface area contributed by atoms with Gasteiger partial charge in [-0.2, -0.15) is 0 Å². The maximum absolute atomic E-state index is 12.9. The Bertz CT molecular complexity index is 788. The standard InChI is InChI=1S/C17H17FN4O2/c1-10-20-15-14(6-7-19-17(15)23)16(21-10)22-8-13(9-22)24-12-4-2-11(18)3-5-12/h2-5,13H,6-9H2,1H3,(H,19,23). The number of anilines is 1. The first-order valence-corrected chi connectivity index (χ1v) is 7.93. The van der Waals surface area contributed by atoms with Gasteiger partial charge >= 0.3 is 0 Å². The fourth-order valence-corrected chi connectivity index (χ4v) is 3.04. The second kappa shape index (κ2) is 5.74. The molecule has 0 saturated carbocycles. The van der Waals surface area contributed by atoms with Crippen molar-refractivity contribution in [2.45, 2.75) is 19.4 Å². The van der Waals surface area contributed by atoms with Crippen LogP contribution in [0.4, 0.5) is 10.2 Å². The molecule has 0 radical (unpaired) electrons. The molecule has 1 aromatic carbocycles. The first-order valence-electron chi connectivity index (χ1n) is 7.93. The lowest BCUT2D eigenvalue weighted by atomic mass is 10.0. The molecule has 4 rings (SSSR count). The third-order valence-corrected chi connectivity index (χ3v) is 4.24. The molecule has 1 fully saturated rings. The minimum Gasteiger partial charge on any atom is -0.487 e. The van der Waals surface area contributed by atoms with Crippen molar-refractivity contribution in [1.82, 2.24) is 15.3 Å². The lowest BCUT2D eigenvalue weighted by Gasteiger charge is -2.41. The summed E-state index contributed by atoms with van der Waals surface area (Å²) in [4.78, 5) is 22.9. The summed E-state index contributed by atoms with van der Waals surface area (Å²) in [7, 11) is 0. The maximum Gasteiger partial charge on any atom is 0.270 e. The molecule has 1 saturated heterocycles. The average molecular weight is 328 g/mol. The first-order chi connectivity index (χ1) is 11.6. The van der Waals surface area contributed by atoms with Crippen LogP contribution in [-0.2, 0) is 6.42 Å². The van der Waals surface area contributed by atoms with E-state index in [1.54, 1.807) is 19.1 Å². The van der Waals surface area contributed by atoms with Crippen LogP contribution in [0, 0.1) is 12.7 Å². The summed E-state index contributed by atoms with van der Waals surface area (Å²) in [5.41, 5.74) is 1.39. The van der Waals surface area contributed by atoms with Crippen LogP contribution in [0.3, 0.4) is 0 Å². The summed E-state index contributed by atoms with van der Waals surface area (Å²) in [6.07, 6.45) is 0.759. The number of nitrogens with zero attached hydrogens (tertiary/aromatic N) is 3. The van der Waals surface area contributed by atoms with Crippen molar-refractivity contribution in [3.8, 4) is 5.75 Å². The Morgan fingerprint density at radius 2 is 2.00 bits per heavy atom. The van der Waals surface area contributed by atoms with E-state index >= 15 is 0 Å². The molecule has 1 amide bonds. The highest BCUT2D eigenvalue weighted by atomic mass is 19.1. The summed E-state index contributed by atoms with van der Waals surface area (Å²) in [5, 5.41) is 2.81. The van der Waals surface area contributed by atoms with Gasteiger partial charge in [0.1, 0.15) is 35.0 Å². The summed E-state index contributed by atoms with van der Waals surface area (Å²) in [6, 6.07) is 6.02. The van der Waals surface area contributed by atoms with E-state index in [0.29, 0.717) is 36.9 Å². The number of benzene rings is 1. The number of nitrogens with one attached hydrogen (secondary N) is 1. The molecular weight excluding hydrogens is 311 g/mol. The van der Waals surface area contributed by atoms with E-state index in [2.05, 4.69) is 20.2 Å². The van der Waals surface area contributed by atoms with Crippen molar-refractivity contribution in [3.63, 3.8) is 0 Å². The normalized spacial score (nSPS) is 17.1. The Morgan fingerprint density at radius 1 is 1.25 bits per heavy atom. The smallest absolute Gasteiger partial charge is 0.270 e. The predicted octanol–water partition coefficient (Wildman–Crippen LogP) is 1.48. The summed E-state index contributed by atoms with van der Waals surface area (Å²) in [6.45, 7) is 3.76. The fraction of sp³-hybridized carbons (Fsp3) is 0.353. The van der Waals surface area contributed by atoms with Crippen molar-refractivity contribution in [2.24, 2.45) is 0 Å². The minimum atomic E-state index is -0.279. The Labute approximate surface area is 138 Å². The molecule has 7 heteroatoms. The van der Waals surface area contributed by atoms with Gasteiger partial charge < -0.3 is 15.0 Å². The van der Waals surface area contributed by atoms with Gasteiger partial charge in [-0.3, -0.25) is 4.79 Å². The Morgan fingerprint density at radius 3 is 2.75 bits per heavy atom. The van der Waals surface area contributed by atoms with Gasteiger partial charge in [0, 0.05) is 12.1 Å². The van der Waals surface area contributed by atoms with Crippen molar-refractivity contribution in [3.05, 3.63) is 47.2 Å². The first kappa shape index (κ1) is 14.9. The summed E-state index contributed by atoms with van der Waals surface area (Å²) >= 11 is 0.